The number of nitrogens with zero attached hydrogens (tertiary/aromatic N) is 4. The average molecular weight is 372 g/mol. The highest BCUT2D eigenvalue weighted by molar-refractivity contribution is 6.04. The highest BCUT2D eigenvalue weighted by Gasteiger charge is 2.51. The van der Waals surface area contributed by atoms with Crippen LogP contribution in [0, 0.1) is 5.82 Å². The van der Waals surface area contributed by atoms with Gasteiger partial charge in [0.2, 0.25) is 5.96 Å². The Kier molecular flexibility index (Phi) is 4.21. The number of rotatable bonds is 5. The molecule has 27 heavy (non-hydrogen) atoms. The van der Waals surface area contributed by atoms with Crippen LogP contribution in [0.15, 0.2) is 41.2 Å². The number of hydrogen-bond donors (Lipinski definition) is 2. The second kappa shape index (κ2) is 6.57. The van der Waals surface area contributed by atoms with Crippen LogP contribution in [0.25, 0.3) is 0 Å². The Morgan fingerprint density at radius 2 is 2.00 bits per heavy atom. The summed E-state index contributed by atoms with van der Waals surface area (Å²) < 4.78 is 12.9. The van der Waals surface area contributed by atoms with Crippen molar-refractivity contribution in [3.05, 3.63) is 42.0 Å². The van der Waals surface area contributed by atoms with E-state index in [4.69, 9.17) is 0 Å². The fourth-order valence-electron chi connectivity index (χ4n) is 3.56. The second-order valence-electron chi connectivity index (χ2n) is 6.81. The van der Waals surface area contributed by atoms with Gasteiger partial charge in [0.1, 0.15) is 5.82 Å². The lowest BCUT2D eigenvalue weighted by Crippen LogP contribution is -2.62. The van der Waals surface area contributed by atoms with Crippen molar-refractivity contribution in [2.75, 3.05) is 25.5 Å². The largest absolute Gasteiger partial charge is 0.385 e. The van der Waals surface area contributed by atoms with Gasteiger partial charge in [-0.25, -0.2) is 14.2 Å². The van der Waals surface area contributed by atoms with Crippen molar-refractivity contribution in [3.8, 4) is 0 Å². The number of amides is 3. The molecule has 1 fully saturated rings. The molecule has 3 amide bonds. The van der Waals surface area contributed by atoms with Crippen molar-refractivity contribution >= 4 is 23.6 Å². The van der Waals surface area contributed by atoms with Crippen molar-refractivity contribution < 1.29 is 14.0 Å². The van der Waals surface area contributed by atoms with E-state index in [2.05, 4.69) is 20.5 Å². The number of benzene rings is 1. The predicted octanol–water partition coefficient (Wildman–Crippen LogP) is 1.35. The van der Waals surface area contributed by atoms with Gasteiger partial charge in [-0.05, 0) is 37.6 Å². The quantitative estimate of drug-likeness (QED) is 0.763. The number of nitrogens with one attached hydrogen (secondary N) is 2. The number of halogens is 1. The van der Waals surface area contributed by atoms with Crippen molar-refractivity contribution in [1.82, 2.24) is 20.0 Å². The first kappa shape index (κ1) is 17.3. The van der Waals surface area contributed by atoms with Gasteiger partial charge in [-0.2, -0.15) is 0 Å². The van der Waals surface area contributed by atoms with Crippen molar-refractivity contribution in [3.63, 3.8) is 0 Å². The number of guanidine groups is 1. The molecule has 9 heteroatoms. The van der Waals surface area contributed by atoms with Gasteiger partial charge in [0, 0.05) is 37.7 Å². The Hall–Kier alpha value is -3.10. The maximum absolute atomic E-state index is 12.9. The summed E-state index contributed by atoms with van der Waals surface area (Å²) in [6, 6.07) is 5.30. The van der Waals surface area contributed by atoms with Gasteiger partial charge in [-0.15, -0.1) is 0 Å². The number of allylic oxidation sites excluding steroid dienone is 1. The lowest BCUT2D eigenvalue weighted by molar-refractivity contribution is -0.126. The Morgan fingerprint density at radius 3 is 2.74 bits per heavy atom. The average Bonchev–Trinajstić information content (AvgIpc) is 3.14. The molecule has 2 N–H and O–H groups in total. The summed E-state index contributed by atoms with van der Waals surface area (Å²) in [5.41, 5.74) is 1.87. The molecule has 2 atom stereocenters. The van der Waals surface area contributed by atoms with Crippen molar-refractivity contribution in [1.29, 1.82) is 0 Å². The third-order valence-corrected chi connectivity index (χ3v) is 5.00. The minimum atomic E-state index is -0.528. The van der Waals surface area contributed by atoms with E-state index in [1.165, 1.54) is 17.0 Å². The van der Waals surface area contributed by atoms with E-state index < -0.39 is 18.2 Å². The molecule has 3 heterocycles. The summed E-state index contributed by atoms with van der Waals surface area (Å²) in [6.45, 7) is 3.40. The Balaban J connectivity index is 1.39. The molecule has 4 rings (SSSR count). The van der Waals surface area contributed by atoms with Crippen LogP contribution in [0.1, 0.15) is 13.3 Å². The third-order valence-electron chi connectivity index (χ3n) is 5.00. The lowest BCUT2D eigenvalue weighted by Gasteiger charge is -2.34. The maximum atomic E-state index is 12.9. The van der Waals surface area contributed by atoms with Crippen LogP contribution in [0.3, 0.4) is 0 Å². The fraction of sp³-hybridized carbons (Fsp3) is 0.389. The standard InChI is InChI=1S/C18H21FN6O2/c1-11-10-25-14-15(23(2)18(27)22-16(14)26)21-17(25)24(11)9-3-8-20-13-6-4-12(19)5-7-13/h4-7,10,14-15,20H,3,8-9H2,1-2H3,(H,22,26,27). The van der Waals surface area contributed by atoms with Gasteiger partial charge in [0.05, 0.1) is 0 Å². The molecule has 1 aromatic rings. The predicted molar refractivity (Wildman–Crippen MR) is 98.1 cm³/mol. The second-order valence-corrected chi connectivity index (χ2v) is 6.81. The third kappa shape index (κ3) is 2.98. The number of fused-ring (bicyclic) bond motifs is 3. The van der Waals surface area contributed by atoms with Crippen LogP contribution in [-0.2, 0) is 4.79 Å². The summed E-state index contributed by atoms with van der Waals surface area (Å²) in [5.74, 6) is 0.110. The van der Waals surface area contributed by atoms with Crippen LogP contribution >= 0.6 is 0 Å². The lowest BCUT2D eigenvalue weighted by atomic mass is 10.1. The van der Waals surface area contributed by atoms with Crippen LogP contribution < -0.4 is 10.6 Å². The highest BCUT2D eigenvalue weighted by atomic mass is 19.1. The molecule has 2 unspecified atom stereocenters. The summed E-state index contributed by atoms with van der Waals surface area (Å²) in [5, 5.41) is 5.62. The highest BCUT2D eigenvalue weighted by Crippen LogP contribution is 2.31. The normalized spacial score (nSPS) is 23.7. The minimum Gasteiger partial charge on any atom is -0.385 e. The van der Waals surface area contributed by atoms with Gasteiger partial charge >= 0.3 is 6.03 Å². The van der Waals surface area contributed by atoms with Gasteiger partial charge < -0.3 is 20.0 Å². The summed E-state index contributed by atoms with van der Waals surface area (Å²) in [7, 11) is 1.64. The zero-order valence-corrected chi connectivity index (χ0v) is 15.1. The monoisotopic (exact) mass is 372 g/mol. The number of carbonyl (C=O) groups is 2. The van der Waals surface area contributed by atoms with Gasteiger partial charge in [0.25, 0.3) is 5.91 Å². The molecule has 0 aromatic heterocycles. The minimum absolute atomic E-state index is 0.258. The van der Waals surface area contributed by atoms with E-state index in [1.54, 1.807) is 19.2 Å². The maximum Gasteiger partial charge on any atom is 0.325 e. The number of urea groups is 1. The molecule has 0 bridgehead atoms. The Labute approximate surface area is 156 Å². The molecule has 142 valence electrons. The molecular weight excluding hydrogens is 351 g/mol. The van der Waals surface area contributed by atoms with Gasteiger partial charge in [-0.3, -0.25) is 10.1 Å². The summed E-state index contributed by atoms with van der Waals surface area (Å²) >= 11 is 0. The first-order valence-electron chi connectivity index (χ1n) is 8.85. The summed E-state index contributed by atoms with van der Waals surface area (Å²) in [6.07, 6.45) is 2.22. The first-order chi connectivity index (χ1) is 13.0. The molecule has 8 nitrogen and oxygen atoms in total. The number of aliphatic imine (C=N–C) groups is 1. The molecule has 3 aliphatic heterocycles. The number of carbonyl (C=O) groups excluding carboxylic acids is 2. The molecule has 0 aliphatic carbocycles. The fourth-order valence-corrected chi connectivity index (χ4v) is 3.56. The van der Waals surface area contributed by atoms with E-state index in [1.807, 2.05) is 18.0 Å². The zero-order chi connectivity index (χ0) is 19.1. The Morgan fingerprint density at radius 1 is 1.26 bits per heavy atom. The molecule has 3 aliphatic rings. The molecule has 0 saturated carbocycles. The SMILES string of the molecule is CC1=CN2C(=NC3C2C(=O)NC(=O)N3C)N1CCCNc1ccc(F)cc1. The number of anilines is 1. The van der Waals surface area contributed by atoms with Crippen molar-refractivity contribution in [2.24, 2.45) is 4.99 Å². The number of likely N-dealkylation sites (N-methyl/N-ethyl adjacent to an activating group) is 1. The van der Waals surface area contributed by atoms with E-state index in [9.17, 15) is 14.0 Å². The van der Waals surface area contributed by atoms with Gasteiger partial charge in [-0.1, -0.05) is 0 Å². The van der Waals surface area contributed by atoms with E-state index >= 15 is 0 Å². The van der Waals surface area contributed by atoms with Gasteiger partial charge in [0.15, 0.2) is 12.2 Å². The summed E-state index contributed by atoms with van der Waals surface area (Å²) in [4.78, 5) is 34.1. The topological polar surface area (TPSA) is 80.3 Å². The molecule has 1 saturated heterocycles. The zero-order valence-electron chi connectivity index (χ0n) is 15.1. The molecule has 0 radical (unpaired) electrons. The van der Waals surface area contributed by atoms with Crippen molar-refractivity contribution in [2.45, 2.75) is 25.6 Å². The van der Waals surface area contributed by atoms with Crippen LogP contribution in [-0.4, -0.2) is 64.9 Å². The van der Waals surface area contributed by atoms with Crippen LogP contribution in [0.4, 0.5) is 14.9 Å². The van der Waals surface area contributed by atoms with E-state index in [0.29, 0.717) is 19.0 Å². The number of imide groups is 1. The smallest absolute Gasteiger partial charge is 0.325 e. The molecular formula is C18H21FN6O2. The number of hydrogen-bond acceptors (Lipinski definition) is 6. The molecule has 0 spiro atoms. The molecule has 1 aromatic carbocycles. The van der Waals surface area contributed by atoms with Crippen LogP contribution in [0.5, 0.6) is 0 Å². The van der Waals surface area contributed by atoms with E-state index in [0.717, 1.165) is 17.8 Å². The van der Waals surface area contributed by atoms with Crippen LogP contribution in [0.2, 0.25) is 0 Å². The Bertz CT molecular complexity index is 837. The van der Waals surface area contributed by atoms with E-state index in [-0.39, 0.29) is 11.7 Å². The first-order valence-corrected chi connectivity index (χ1v) is 8.85.